The molecule has 2 N–H and O–H groups in total. The van der Waals surface area contributed by atoms with Gasteiger partial charge in [-0.1, -0.05) is 12.1 Å². The molecule has 0 saturated carbocycles. The van der Waals surface area contributed by atoms with Gasteiger partial charge in [-0.3, -0.25) is 4.79 Å². The first-order valence-electron chi connectivity index (χ1n) is 8.84. The third-order valence-electron chi connectivity index (χ3n) is 4.70. The van der Waals surface area contributed by atoms with Crippen molar-refractivity contribution in [2.24, 2.45) is 5.92 Å². The second-order valence-corrected chi connectivity index (χ2v) is 6.55. The second-order valence-electron chi connectivity index (χ2n) is 6.55. The van der Waals surface area contributed by atoms with Gasteiger partial charge in [-0.15, -0.1) is 0 Å². The maximum atomic E-state index is 13.2. The first-order chi connectivity index (χ1) is 13.1. The quantitative estimate of drug-likeness (QED) is 0.725. The average Bonchev–Trinajstić information content (AvgIpc) is 3.08. The number of carbonyl (C=O) groups is 1. The van der Waals surface area contributed by atoms with Crippen LogP contribution in [0, 0.1) is 11.7 Å². The first-order valence-corrected chi connectivity index (χ1v) is 8.84. The Kier molecular flexibility index (Phi) is 4.66. The standard InChI is InChI=1S/C20H20FN3O3/c1-26-17-4-2-3-12-9-13(11-27-19(12)17)20(25)22-8-7-18-23-15-6-5-14(21)10-16(15)24-18/h2-6,10,13H,7-9,11H2,1H3,(H,22,25)(H,23,24). The Balaban J connectivity index is 1.34. The van der Waals surface area contributed by atoms with Crippen LogP contribution in [0.3, 0.4) is 0 Å². The molecular formula is C20H20FN3O3. The molecule has 1 amide bonds. The summed E-state index contributed by atoms with van der Waals surface area (Å²) in [7, 11) is 1.60. The number of rotatable bonds is 5. The Labute approximate surface area is 155 Å². The average molecular weight is 369 g/mol. The van der Waals surface area contributed by atoms with Gasteiger partial charge in [0, 0.05) is 13.0 Å². The lowest BCUT2D eigenvalue weighted by atomic mass is 9.95. The van der Waals surface area contributed by atoms with E-state index in [-0.39, 0.29) is 17.6 Å². The van der Waals surface area contributed by atoms with Gasteiger partial charge in [-0.05, 0) is 36.2 Å². The van der Waals surface area contributed by atoms with Crippen LogP contribution in [-0.2, 0) is 17.6 Å². The van der Waals surface area contributed by atoms with E-state index in [9.17, 15) is 9.18 Å². The van der Waals surface area contributed by atoms with Gasteiger partial charge in [0.1, 0.15) is 18.2 Å². The van der Waals surface area contributed by atoms with Gasteiger partial charge in [0.15, 0.2) is 11.5 Å². The molecule has 0 saturated heterocycles. The number of halogens is 1. The molecule has 6 nitrogen and oxygen atoms in total. The number of nitrogens with one attached hydrogen (secondary N) is 2. The number of nitrogens with zero attached hydrogens (tertiary/aromatic N) is 1. The number of hydrogen-bond acceptors (Lipinski definition) is 4. The van der Waals surface area contributed by atoms with E-state index in [4.69, 9.17) is 9.47 Å². The number of H-pyrrole nitrogens is 1. The number of hydrogen-bond donors (Lipinski definition) is 2. The summed E-state index contributed by atoms with van der Waals surface area (Å²) in [6, 6.07) is 10.1. The summed E-state index contributed by atoms with van der Waals surface area (Å²) >= 11 is 0. The van der Waals surface area contributed by atoms with Gasteiger partial charge in [-0.2, -0.15) is 0 Å². The number of benzene rings is 2. The Morgan fingerprint density at radius 3 is 3.15 bits per heavy atom. The van der Waals surface area contributed by atoms with Crippen molar-refractivity contribution in [1.82, 2.24) is 15.3 Å². The van der Waals surface area contributed by atoms with Crippen LogP contribution in [0.4, 0.5) is 4.39 Å². The largest absolute Gasteiger partial charge is 0.493 e. The number of ether oxygens (including phenoxy) is 2. The van der Waals surface area contributed by atoms with Crippen LogP contribution in [0.25, 0.3) is 11.0 Å². The van der Waals surface area contributed by atoms with Crippen LogP contribution in [0.1, 0.15) is 11.4 Å². The number of imidazole rings is 1. The maximum Gasteiger partial charge on any atom is 0.226 e. The summed E-state index contributed by atoms with van der Waals surface area (Å²) in [4.78, 5) is 19.9. The van der Waals surface area contributed by atoms with Gasteiger partial charge in [-0.25, -0.2) is 9.37 Å². The Morgan fingerprint density at radius 2 is 2.30 bits per heavy atom. The lowest BCUT2D eigenvalue weighted by molar-refractivity contribution is -0.126. The minimum absolute atomic E-state index is 0.0503. The van der Waals surface area contributed by atoms with Crippen molar-refractivity contribution in [2.75, 3.05) is 20.3 Å². The van der Waals surface area contributed by atoms with Gasteiger partial charge in [0.2, 0.25) is 5.91 Å². The zero-order valence-electron chi connectivity index (χ0n) is 14.9. The van der Waals surface area contributed by atoms with E-state index in [0.717, 1.165) is 11.3 Å². The van der Waals surface area contributed by atoms with E-state index in [1.165, 1.54) is 12.1 Å². The highest BCUT2D eigenvalue weighted by Gasteiger charge is 2.27. The molecule has 7 heteroatoms. The lowest BCUT2D eigenvalue weighted by Crippen LogP contribution is -2.38. The molecule has 0 bridgehead atoms. The van der Waals surface area contributed by atoms with Crippen LogP contribution < -0.4 is 14.8 Å². The summed E-state index contributed by atoms with van der Waals surface area (Å²) < 4.78 is 24.3. The number of para-hydroxylation sites is 1. The minimum atomic E-state index is -0.305. The normalized spacial score (nSPS) is 15.9. The molecule has 4 rings (SSSR count). The third-order valence-corrected chi connectivity index (χ3v) is 4.70. The van der Waals surface area contributed by atoms with E-state index in [1.54, 1.807) is 13.2 Å². The first kappa shape index (κ1) is 17.3. The molecule has 2 heterocycles. The smallest absolute Gasteiger partial charge is 0.226 e. The van der Waals surface area contributed by atoms with Crippen molar-refractivity contribution in [1.29, 1.82) is 0 Å². The zero-order chi connectivity index (χ0) is 18.8. The number of carbonyl (C=O) groups excluding carboxylic acids is 1. The molecule has 0 spiro atoms. The fourth-order valence-electron chi connectivity index (χ4n) is 3.32. The van der Waals surface area contributed by atoms with E-state index in [0.29, 0.717) is 48.6 Å². The summed E-state index contributed by atoms with van der Waals surface area (Å²) in [5, 5.41) is 2.93. The highest BCUT2D eigenvalue weighted by atomic mass is 19.1. The maximum absolute atomic E-state index is 13.2. The number of fused-ring (bicyclic) bond motifs is 2. The Bertz CT molecular complexity index is 986. The van der Waals surface area contributed by atoms with Crippen molar-refractivity contribution in [3.63, 3.8) is 0 Å². The molecule has 140 valence electrons. The molecule has 1 unspecified atom stereocenters. The number of methoxy groups -OCH3 is 1. The van der Waals surface area contributed by atoms with Gasteiger partial charge < -0.3 is 19.8 Å². The zero-order valence-corrected chi connectivity index (χ0v) is 14.9. The van der Waals surface area contributed by atoms with Crippen molar-refractivity contribution in [3.05, 3.63) is 53.6 Å². The van der Waals surface area contributed by atoms with Crippen molar-refractivity contribution in [2.45, 2.75) is 12.8 Å². The van der Waals surface area contributed by atoms with Crippen LogP contribution in [-0.4, -0.2) is 36.1 Å². The molecule has 0 aliphatic carbocycles. The SMILES string of the molecule is COc1cccc2c1OCC(C(=O)NCCc1nc3ccc(F)cc3[nH]1)C2. The van der Waals surface area contributed by atoms with Crippen molar-refractivity contribution in [3.8, 4) is 11.5 Å². The van der Waals surface area contributed by atoms with Crippen LogP contribution in [0.15, 0.2) is 36.4 Å². The Morgan fingerprint density at radius 1 is 1.41 bits per heavy atom. The van der Waals surface area contributed by atoms with Gasteiger partial charge in [0.25, 0.3) is 0 Å². The minimum Gasteiger partial charge on any atom is -0.493 e. The second kappa shape index (κ2) is 7.26. The van der Waals surface area contributed by atoms with E-state index >= 15 is 0 Å². The van der Waals surface area contributed by atoms with Crippen LogP contribution >= 0.6 is 0 Å². The van der Waals surface area contributed by atoms with Crippen LogP contribution in [0.5, 0.6) is 11.5 Å². The van der Waals surface area contributed by atoms with Crippen LogP contribution in [0.2, 0.25) is 0 Å². The summed E-state index contributed by atoms with van der Waals surface area (Å²) in [6.07, 6.45) is 1.16. The lowest BCUT2D eigenvalue weighted by Gasteiger charge is -2.25. The monoisotopic (exact) mass is 369 g/mol. The molecule has 1 aliphatic heterocycles. The molecule has 0 fully saturated rings. The van der Waals surface area contributed by atoms with Gasteiger partial charge >= 0.3 is 0 Å². The molecule has 1 aliphatic rings. The highest BCUT2D eigenvalue weighted by Crippen LogP contribution is 2.36. The molecule has 27 heavy (non-hydrogen) atoms. The summed E-state index contributed by atoms with van der Waals surface area (Å²) in [5.74, 6) is 1.53. The van der Waals surface area contributed by atoms with E-state index < -0.39 is 0 Å². The van der Waals surface area contributed by atoms with Gasteiger partial charge in [0.05, 0.1) is 24.1 Å². The number of amides is 1. The number of aromatic amines is 1. The fourth-order valence-corrected chi connectivity index (χ4v) is 3.32. The Hall–Kier alpha value is -3.09. The highest BCUT2D eigenvalue weighted by molar-refractivity contribution is 5.80. The third kappa shape index (κ3) is 3.58. The fraction of sp³-hybridized carbons (Fsp3) is 0.300. The van der Waals surface area contributed by atoms with Crippen molar-refractivity contribution < 1.29 is 18.7 Å². The van der Waals surface area contributed by atoms with E-state index in [1.807, 2.05) is 18.2 Å². The number of aromatic nitrogens is 2. The molecular weight excluding hydrogens is 349 g/mol. The predicted molar refractivity (Wildman–Crippen MR) is 98.4 cm³/mol. The van der Waals surface area contributed by atoms with E-state index in [2.05, 4.69) is 15.3 Å². The predicted octanol–water partition coefficient (Wildman–Crippen LogP) is 2.62. The summed E-state index contributed by atoms with van der Waals surface area (Å²) in [5.41, 5.74) is 2.34. The summed E-state index contributed by atoms with van der Waals surface area (Å²) in [6.45, 7) is 0.770. The van der Waals surface area contributed by atoms with Crippen molar-refractivity contribution >= 4 is 16.9 Å². The topological polar surface area (TPSA) is 76.2 Å². The molecule has 3 aromatic rings. The molecule has 1 atom stereocenters. The molecule has 1 aromatic heterocycles. The molecule has 2 aromatic carbocycles. The molecule has 0 radical (unpaired) electrons.